The molecule has 0 unspecified atom stereocenters. The molecule has 0 bridgehead atoms. The highest BCUT2D eigenvalue weighted by atomic mass is 35.5. The number of nitrogens with two attached hydrogens (primary N) is 1. The zero-order valence-electron chi connectivity index (χ0n) is 7.47. The SMILES string of the molecule is Cl.N[C@@H]1CCc2c1cccc2[N+](=O)[O-]. The first kappa shape index (κ1) is 10.9. The van der Waals surface area contributed by atoms with Gasteiger partial charge in [0.25, 0.3) is 5.69 Å². The Morgan fingerprint density at radius 1 is 1.50 bits per heavy atom. The van der Waals surface area contributed by atoms with Gasteiger partial charge < -0.3 is 5.73 Å². The van der Waals surface area contributed by atoms with E-state index in [1.807, 2.05) is 6.07 Å². The lowest BCUT2D eigenvalue weighted by molar-refractivity contribution is -0.385. The number of hydrogen-bond donors (Lipinski definition) is 1. The minimum atomic E-state index is -0.336. The Morgan fingerprint density at radius 2 is 2.21 bits per heavy atom. The van der Waals surface area contributed by atoms with Crippen LogP contribution < -0.4 is 5.73 Å². The number of rotatable bonds is 1. The second-order valence-corrected chi connectivity index (χ2v) is 3.25. The van der Waals surface area contributed by atoms with Crippen LogP contribution >= 0.6 is 12.4 Å². The Hall–Kier alpha value is -1.13. The molecule has 14 heavy (non-hydrogen) atoms. The van der Waals surface area contributed by atoms with Crippen molar-refractivity contribution in [2.75, 3.05) is 0 Å². The van der Waals surface area contributed by atoms with Crippen LogP contribution in [0.3, 0.4) is 0 Å². The van der Waals surface area contributed by atoms with Gasteiger partial charge in [-0.1, -0.05) is 12.1 Å². The molecule has 0 amide bonds. The average molecular weight is 215 g/mol. The second-order valence-electron chi connectivity index (χ2n) is 3.25. The number of fused-ring (bicyclic) bond motifs is 1. The molecule has 0 aliphatic heterocycles. The van der Waals surface area contributed by atoms with Gasteiger partial charge in [-0.15, -0.1) is 12.4 Å². The summed E-state index contributed by atoms with van der Waals surface area (Å²) in [6.45, 7) is 0. The molecule has 1 aromatic rings. The largest absolute Gasteiger partial charge is 0.324 e. The lowest BCUT2D eigenvalue weighted by Gasteiger charge is -2.03. The maximum atomic E-state index is 10.6. The summed E-state index contributed by atoms with van der Waals surface area (Å²) in [6, 6.07) is 5.09. The highest BCUT2D eigenvalue weighted by Gasteiger charge is 2.25. The molecule has 0 fully saturated rings. The van der Waals surface area contributed by atoms with Crippen molar-refractivity contribution >= 4 is 18.1 Å². The fourth-order valence-electron chi connectivity index (χ4n) is 1.84. The molecule has 0 heterocycles. The maximum absolute atomic E-state index is 10.6. The molecule has 0 saturated carbocycles. The molecule has 0 spiro atoms. The van der Waals surface area contributed by atoms with Gasteiger partial charge in [0.05, 0.1) is 4.92 Å². The van der Waals surface area contributed by atoms with Crippen molar-refractivity contribution < 1.29 is 4.92 Å². The third kappa shape index (κ3) is 1.58. The van der Waals surface area contributed by atoms with Gasteiger partial charge in [-0.3, -0.25) is 10.1 Å². The molecule has 1 aliphatic carbocycles. The van der Waals surface area contributed by atoms with Crippen molar-refractivity contribution in [2.45, 2.75) is 18.9 Å². The van der Waals surface area contributed by atoms with E-state index in [4.69, 9.17) is 5.73 Å². The Bertz CT molecular complexity index is 368. The predicted molar refractivity (Wildman–Crippen MR) is 55.6 cm³/mol. The number of halogens is 1. The normalized spacial score (nSPS) is 18.5. The summed E-state index contributed by atoms with van der Waals surface area (Å²) in [6.07, 6.45) is 1.55. The third-order valence-electron chi connectivity index (χ3n) is 2.49. The summed E-state index contributed by atoms with van der Waals surface area (Å²) < 4.78 is 0. The van der Waals surface area contributed by atoms with Crippen molar-refractivity contribution in [3.8, 4) is 0 Å². The highest BCUT2D eigenvalue weighted by Crippen LogP contribution is 2.34. The summed E-state index contributed by atoms with van der Waals surface area (Å²) >= 11 is 0. The molecule has 0 aromatic heterocycles. The average Bonchev–Trinajstić information content (AvgIpc) is 2.48. The van der Waals surface area contributed by atoms with Crippen LogP contribution in [0.2, 0.25) is 0 Å². The van der Waals surface area contributed by atoms with Gasteiger partial charge >= 0.3 is 0 Å². The summed E-state index contributed by atoms with van der Waals surface area (Å²) in [5.41, 5.74) is 7.76. The smallest absolute Gasteiger partial charge is 0.272 e. The van der Waals surface area contributed by atoms with E-state index >= 15 is 0 Å². The Kier molecular flexibility index (Phi) is 3.08. The standard InChI is InChI=1S/C9H10N2O2.ClH/c10-8-5-4-7-6(8)2-1-3-9(7)11(12)13;/h1-3,8H,4-5,10H2;1H/t8-;/m1./s1. The van der Waals surface area contributed by atoms with E-state index in [2.05, 4.69) is 0 Å². The van der Waals surface area contributed by atoms with Crippen LogP contribution in [0.4, 0.5) is 5.69 Å². The zero-order valence-corrected chi connectivity index (χ0v) is 8.29. The van der Waals surface area contributed by atoms with E-state index in [9.17, 15) is 10.1 Å². The van der Waals surface area contributed by atoms with Crippen LogP contribution in [0.25, 0.3) is 0 Å². The van der Waals surface area contributed by atoms with Gasteiger partial charge in [0.2, 0.25) is 0 Å². The molecular formula is C9H11ClN2O2. The minimum Gasteiger partial charge on any atom is -0.324 e. The fraction of sp³-hybridized carbons (Fsp3) is 0.333. The van der Waals surface area contributed by atoms with Crippen molar-refractivity contribution in [1.29, 1.82) is 0 Å². The first-order valence-corrected chi connectivity index (χ1v) is 4.22. The number of nitro groups is 1. The number of nitrogens with zero attached hydrogens (tertiary/aromatic N) is 1. The zero-order chi connectivity index (χ0) is 9.42. The van der Waals surface area contributed by atoms with E-state index in [-0.39, 0.29) is 29.1 Å². The third-order valence-corrected chi connectivity index (χ3v) is 2.49. The lowest BCUT2D eigenvalue weighted by Crippen LogP contribution is -2.05. The van der Waals surface area contributed by atoms with Crippen LogP contribution in [0.1, 0.15) is 23.6 Å². The van der Waals surface area contributed by atoms with Crippen LogP contribution in [-0.4, -0.2) is 4.92 Å². The van der Waals surface area contributed by atoms with Crippen molar-refractivity contribution in [2.24, 2.45) is 5.73 Å². The Labute approximate surface area is 87.7 Å². The molecule has 1 atom stereocenters. The van der Waals surface area contributed by atoms with Crippen LogP contribution in [0.15, 0.2) is 18.2 Å². The number of nitro benzene ring substituents is 1. The second kappa shape index (κ2) is 3.94. The summed E-state index contributed by atoms with van der Waals surface area (Å²) in [4.78, 5) is 10.3. The summed E-state index contributed by atoms with van der Waals surface area (Å²) in [5.74, 6) is 0. The van der Waals surface area contributed by atoms with Crippen LogP contribution in [0, 0.1) is 10.1 Å². The van der Waals surface area contributed by atoms with Gasteiger partial charge in [0.1, 0.15) is 0 Å². The first-order chi connectivity index (χ1) is 6.20. The van der Waals surface area contributed by atoms with E-state index in [1.54, 1.807) is 6.07 Å². The first-order valence-electron chi connectivity index (χ1n) is 4.22. The molecule has 4 nitrogen and oxygen atoms in total. The van der Waals surface area contributed by atoms with E-state index in [0.717, 1.165) is 24.0 Å². The predicted octanol–water partition coefficient (Wildman–Crippen LogP) is 1.96. The molecule has 2 rings (SSSR count). The molecule has 0 radical (unpaired) electrons. The molecule has 0 saturated heterocycles. The van der Waals surface area contributed by atoms with Gasteiger partial charge in [-0.2, -0.15) is 0 Å². The van der Waals surface area contributed by atoms with Crippen molar-refractivity contribution in [3.05, 3.63) is 39.4 Å². The summed E-state index contributed by atoms with van der Waals surface area (Å²) in [5, 5.41) is 10.6. The minimum absolute atomic E-state index is 0. The van der Waals surface area contributed by atoms with Crippen molar-refractivity contribution in [3.63, 3.8) is 0 Å². The molecule has 5 heteroatoms. The van der Waals surface area contributed by atoms with E-state index in [0.29, 0.717) is 0 Å². The van der Waals surface area contributed by atoms with E-state index in [1.165, 1.54) is 6.07 Å². The Balaban J connectivity index is 0.000000980. The van der Waals surface area contributed by atoms with Crippen LogP contribution in [0.5, 0.6) is 0 Å². The summed E-state index contributed by atoms with van der Waals surface area (Å²) in [7, 11) is 0. The topological polar surface area (TPSA) is 69.2 Å². The lowest BCUT2D eigenvalue weighted by atomic mass is 10.1. The molecule has 76 valence electrons. The quantitative estimate of drug-likeness (QED) is 0.574. The monoisotopic (exact) mass is 214 g/mol. The van der Waals surface area contributed by atoms with Gasteiger partial charge in [0, 0.05) is 17.7 Å². The number of benzene rings is 1. The Morgan fingerprint density at radius 3 is 2.86 bits per heavy atom. The molecule has 1 aliphatic rings. The van der Waals surface area contributed by atoms with Crippen LogP contribution in [-0.2, 0) is 6.42 Å². The molecule has 2 N–H and O–H groups in total. The molecular weight excluding hydrogens is 204 g/mol. The van der Waals surface area contributed by atoms with Gasteiger partial charge in [-0.05, 0) is 18.4 Å². The number of hydrogen-bond acceptors (Lipinski definition) is 3. The molecule has 1 aromatic carbocycles. The van der Waals surface area contributed by atoms with E-state index < -0.39 is 0 Å². The maximum Gasteiger partial charge on any atom is 0.272 e. The van der Waals surface area contributed by atoms with Gasteiger partial charge in [-0.25, -0.2) is 0 Å². The van der Waals surface area contributed by atoms with Gasteiger partial charge in [0.15, 0.2) is 0 Å². The highest BCUT2D eigenvalue weighted by molar-refractivity contribution is 5.85. The fourth-order valence-corrected chi connectivity index (χ4v) is 1.84. The van der Waals surface area contributed by atoms with Crippen molar-refractivity contribution in [1.82, 2.24) is 0 Å².